The van der Waals surface area contributed by atoms with E-state index in [4.69, 9.17) is 11.6 Å². The van der Waals surface area contributed by atoms with E-state index < -0.39 is 0 Å². The lowest BCUT2D eigenvalue weighted by Gasteiger charge is -2.35. The van der Waals surface area contributed by atoms with Crippen LogP contribution in [0.3, 0.4) is 0 Å². The summed E-state index contributed by atoms with van der Waals surface area (Å²) in [5.41, 5.74) is 1.83. The Hall–Kier alpha value is -0.810. The van der Waals surface area contributed by atoms with Gasteiger partial charge >= 0.3 is 0 Å². The van der Waals surface area contributed by atoms with Gasteiger partial charge in [-0.3, -0.25) is 9.69 Å². The van der Waals surface area contributed by atoms with E-state index in [1.54, 1.807) is 6.07 Å². The Morgan fingerprint density at radius 3 is 2.61 bits per heavy atom. The highest BCUT2D eigenvalue weighted by atomic mass is 35.5. The van der Waals surface area contributed by atoms with Gasteiger partial charge in [0.2, 0.25) is 5.91 Å². The van der Waals surface area contributed by atoms with Gasteiger partial charge in [0.25, 0.3) is 0 Å². The smallest absolute Gasteiger partial charge is 0.238 e. The van der Waals surface area contributed by atoms with Gasteiger partial charge in [0.1, 0.15) is 0 Å². The number of rotatable bonds is 4. The number of benzene rings is 1. The van der Waals surface area contributed by atoms with E-state index in [0.717, 1.165) is 24.1 Å². The van der Waals surface area contributed by atoms with E-state index in [1.165, 1.54) is 12.8 Å². The van der Waals surface area contributed by atoms with Gasteiger partial charge in [-0.15, -0.1) is 12.4 Å². The van der Waals surface area contributed by atoms with Crippen molar-refractivity contribution >= 4 is 35.6 Å². The van der Waals surface area contributed by atoms with Crippen LogP contribution in [0.4, 0.5) is 5.69 Å². The molecular formula is C17H25Cl2N3O. The lowest BCUT2D eigenvalue weighted by atomic mass is 9.98. The van der Waals surface area contributed by atoms with Crippen molar-refractivity contribution in [1.29, 1.82) is 0 Å². The van der Waals surface area contributed by atoms with E-state index in [-0.39, 0.29) is 18.3 Å². The number of nitrogens with zero attached hydrogens (tertiary/aromatic N) is 1. The molecule has 1 amide bonds. The Labute approximate surface area is 149 Å². The molecule has 2 aliphatic heterocycles. The quantitative estimate of drug-likeness (QED) is 0.869. The second-order valence-electron chi connectivity index (χ2n) is 6.69. The number of anilines is 1. The molecule has 2 aliphatic rings. The van der Waals surface area contributed by atoms with Gasteiger partial charge < -0.3 is 10.6 Å². The second-order valence-corrected chi connectivity index (χ2v) is 7.12. The zero-order valence-corrected chi connectivity index (χ0v) is 15.2. The summed E-state index contributed by atoms with van der Waals surface area (Å²) in [5.74, 6) is 0.0406. The van der Waals surface area contributed by atoms with E-state index >= 15 is 0 Å². The number of carbonyl (C=O) groups excluding carboxylic acids is 1. The number of carbonyl (C=O) groups is 1. The van der Waals surface area contributed by atoms with Gasteiger partial charge in [0, 0.05) is 28.8 Å². The van der Waals surface area contributed by atoms with Crippen molar-refractivity contribution in [3.05, 3.63) is 28.8 Å². The molecule has 1 aromatic rings. The molecule has 2 bridgehead atoms. The molecule has 0 aromatic heterocycles. The Kier molecular flexibility index (Phi) is 6.32. The van der Waals surface area contributed by atoms with Crippen LogP contribution in [0.2, 0.25) is 5.02 Å². The number of hydrogen-bond acceptors (Lipinski definition) is 3. The van der Waals surface area contributed by atoms with E-state index in [1.807, 2.05) is 19.1 Å². The first-order valence-corrected chi connectivity index (χ1v) is 8.41. The Morgan fingerprint density at radius 1 is 1.35 bits per heavy atom. The molecule has 2 fully saturated rings. The molecule has 2 unspecified atom stereocenters. The highest BCUT2D eigenvalue weighted by Gasteiger charge is 2.35. The fourth-order valence-electron chi connectivity index (χ4n) is 3.70. The Morgan fingerprint density at radius 2 is 2.00 bits per heavy atom. The molecule has 128 valence electrons. The molecule has 6 heteroatoms. The lowest BCUT2D eigenvalue weighted by Crippen LogP contribution is -2.48. The normalized spacial score (nSPS) is 26.0. The van der Waals surface area contributed by atoms with Crippen LogP contribution in [0.1, 0.15) is 31.2 Å². The second kappa shape index (κ2) is 7.84. The topological polar surface area (TPSA) is 44.4 Å². The van der Waals surface area contributed by atoms with Gasteiger partial charge in [-0.25, -0.2) is 0 Å². The molecule has 0 spiro atoms. The Bertz CT molecular complexity index is 555. The minimum absolute atomic E-state index is 0. The fraction of sp³-hybridized carbons (Fsp3) is 0.588. The van der Waals surface area contributed by atoms with Crippen LogP contribution in [-0.4, -0.2) is 42.5 Å². The summed E-state index contributed by atoms with van der Waals surface area (Å²) in [4.78, 5) is 14.5. The number of amides is 1. The van der Waals surface area contributed by atoms with Crippen molar-refractivity contribution in [2.45, 2.75) is 50.7 Å². The SMILES string of the molecule is Cc1cc(Cl)ccc1NC(=O)CN(C)C1CC2CCC(C1)N2.Cl. The highest BCUT2D eigenvalue weighted by molar-refractivity contribution is 6.30. The molecule has 3 rings (SSSR count). The molecule has 1 aromatic carbocycles. The summed E-state index contributed by atoms with van der Waals surface area (Å²) in [7, 11) is 2.06. The zero-order chi connectivity index (χ0) is 15.7. The maximum absolute atomic E-state index is 12.3. The van der Waals surface area contributed by atoms with E-state index in [0.29, 0.717) is 29.7 Å². The van der Waals surface area contributed by atoms with Crippen molar-refractivity contribution < 1.29 is 4.79 Å². The third kappa shape index (κ3) is 4.60. The first-order valence-electron chi connectivity index (χ1n) is 8.03. The van der Waals surface area contributed by atoms with Gasteiger partial charge in [-0.2, -0.15) is 0 Å². The summed E-state index contributed by atoms with van der Waals surface area (Å²) >= 11 is 5.95. The first kappa shape index (κ1) is 18.5. The number of likely N-dealkylation sites (N-methyl/N-ethyl adjacent to an activating group) is 1. The highest BCUT2D eigenvalue weighted by Crippen LogP contribution is 2.29. The molecule has 4 nitrogen and oxygen atoms in total. The number of halogens is 2. The predicted octanol–water partition coefficient (Wildman–Crippen LogP) is 3.22. The summed E-state index contributed by atoms with van der Waals surface area (Å²) in [5, 5.41) is 7.32. The van der Waals surface area contributed by atoms with Crippen LogP contribution >= 0.6 is 24.0 Å². The molecule has 0 radical (unpaired) electrons. The maximum atomic E-state index is 12.3. The molecule has 23 heavy (non-hydrogen) atoms. The van der Waals surface area contributed by atoms with Crippen LogP contribution in [0, 0.1) is 6.92 Å². The number of fused-ring (bicyclic) bond motifs is 2. The van der Waals surface area contributed by atoms with Crippen molar-refractivity contribution in [1.82, 2.24) is 10.2 Å². The summed E-state index contributed by atoms with van der Waals surface area (Å²) < 4.78 is 0. The summed E-state index contributed by atoms with van der Waals surface area (Å²) in [6.45, 7) is 2.39. The number of nitrogens with one attached hydrogen (secondary N) is 2. The van der Waals surface area contributed by atoms with Crippen molar-refractivity contribution in [2.24, 2.45) is 0 Å². The Balaban J connectivity index is 0.00000192. The number of hydrogen-bond donors (Lipinski definition) is 2. The number of aryl methyl sites for hydroxylation is 1. The van der Waals surface area contributed by atoms with Gasteiger partial charge in [0.15, 0.2) is 0 Å². The van der Waals surface area contributed by atoms with E-state index in [2.05, 4.69) is 22.6 Å². The van der Waals surface area contributed by atoms with E-state index in [9.17, 15) is 4.79 Å². The lowest BCUT2D eigenvalue weighted by molar-refractivity contribution is -0.117. The molecule has 0 saturated carbocycles. The first-order chi connectivity index (χ1) is 10.5. The number of piperidine rings is 1. The van der Waals surface area contributed by atoms with Gasteiger partial charge in [-0.1, -0.05) is 11.6 Å². The van der Waals surface area contributed by atoms with Crippen molar-refractivity contribution in [3.63, 3.8) is 0 Å². The van der Waals surface area contributed by atoms with Crippen LogP contribution in [-0.2, 0) is 4.79 Å². The minimum atomic E-state index is 0. The van der Waals surface area contributed by atoms with Crippen LogP contribution in [0.5, 0.6) is 0 Å². The van der Waals surface area contributed by atoms with Crippen LogP contribution < -0.4 is 10.6 Å². The monoisotopic (exact) mass is 357 g/mol. The zero-order valence-electron chi connectivity index (χ0n) is 13.6. The average molecular weight is 358 g/mol. The largest absolute Gasteiger partial charge is 0.325 e. The predicted molar refractivity (Wildman–Crippen MR) is 97.7 cm³/mol. The summed E-state index contributed by atoms with van der Waals surface area (Å²) in [6, 6.07) is 7.33. The maximum Gasteiger partial charge on any atom is 0.238 e. The average Bonchev–Trinajstić information content (AvgIpc) is 2.80. The molecule has 2 atom stereocenters. The minimum Gasteiger partial charge on any atom is -0.325 e. The standard InChI is InChI=1S/C17H24ClN3O.ClH/c1-11-7-12(18)3-6-16(11)20-17(22)10-21(2)15-8-13-4-5-14(9-15)19-13;/h3,6-7,13-15,19H,4-5,8-10H2,1-2H3,(H,20,22);1H. The van der Waals surface area contributed by atoms with Crippen LogP contribution in [0.15, 0.2) is 18.2 Å². The molecular weight excluding hydrogens is 333 g/mol. The molecule has 0 aliphatic carbocycles. The van der Waals surface area contributed by atoms with Crippen molar-refractivity contribution in [3.8, 4) is 0 Å². The molecule has 2 saturated heterocycles. The third-order valence-electron chi connectivity index (χ3n) is 4.93. The fourth-order valence-corrected chi connectivity index (χ4v) is 3.93. The molecule has 2 N–H and O–H groups in total. The van der Waals surface area contributed by atoms with Gasteiger partial charge in [0.05, 0.1) is 6.54 Å². The van der Waals surface area contributed by atoms with Gasteiger partial charge in [-0.05, 0) is 63.4 Å². The summed E-state index contributed by atoms with van der Waals surface area (Å²) in [6.07, 6.45) is 4.87. The van der Waals surface area contributed by atoms with Crippen molar-refractivity contribution in [2.75, 3.05) is 18.9 Å². The van der Waals surface area contributed by atoms with Crippen LogP contribution in [0.25, 0.3) is 0 Å². The third-order valence-corrected chi connectivity index (χ3v) is 5.16. The molecule has 2 heterocycles.